The molecule has 0 bridgehead atoms. The quantitative estimate of drug-likeness (QED) is 0.786. The number of carbonyl (C=O) groups is 1. The standard InChI is InChI=1S/C19H28BrNO3/c1-18(2,3)16-11-14(9-10-21(16)17(22)23)19(4,24)12-13-7-5-6-8-15(13)20/h5-8,14,16,24H,9-12H2,1-4H3,(H,22,23). The number of rotatable bonds is 3. The van der Waals surface area contributed by atoms with E-state index in [-0.39, 0.29) is 17.4 Å². The molecule has 1 aromatic rings. The van der Waals surface area contributed by atoms with E-state index in [1.54, 1.807) is 4.90 Å². The fourth-order valence-electron chi connectivity index (χ4n) is 3.75. The highest BCUT2D eigenvalue weighted by Crippen LogP contribution is 2.40. The molecule has 3 unspecified atom stereocenters. The molecule has 0 radical (unpaired) electrons. The number of carboxylic acid groups (broad SMARTS) is 1. The van der Waals surface area contributed by atoms with Crippen LogP contribution in [0.2, 0.25) is 0 Å². The van der Waals surface area contributed by atoms with Gasteiger partial charge in [0.1, 0.15) is 0 Å². The number of benzene rings is 1. The van der Waals surface area contributed by atoms with Crippen LogP contribution in [-0.4, -0.2) is 39.4 Å². The van der Waals surface area contributed by atoms with Gasteiger partial charge in [0, 0.05) is 23.5 Å². The summed E-state index contributed by atoms with van der Waals surface area (Å²) in [5.41, 5.74) is 0.0637. The molecule has 0 saturated carbocycles. The molecule has 0 aliphatic carbocycles. The minimum atomic E-state index is -0.863. The highest BCUT2D eigenvalue weighted by Gasteiger charge is 2.44. The Morgan fingerprint density at radius 2 is 1.92 bits per heavy atom. The molecule has 1 aliphatic rings. The van der Waals surface area contributed by atoms with Gasteiger partial charge < -0.3 is 15.1 Å². The first-order valence-electron chi connectivity index (χ1n) is 8.47. The summed E-state index contributed by atoms with van der Waals surface area (Å²) in [5, 5.41) is 20.6. The number of amides is 1. The highest BCUT2D eigenvalue weighted by molar-refractivity contribution is 9.10. The number of aliphatic hydroxyl groups is 1. The van der Waals surface area contributed by atoms with Crippen LogP contribution in [0.5, 0.6) is 0 Å². The average Bonchev–Trinajstić information content (AvgIpc) is 2.48. The van der Waals surface area contributed by atoms with E-state index in [0.717, 1.165) is 10.0 Å². The molecule has 5 heteroatoms. The van der Waals surface area contributed by atoms with Gasteiger partial charge in [-0.3, -0.25) is 0 Å². The van der Waals surface area contributed by atoms with Crippen molar-refractivity contribution >= 4 is 22.0 Å². The lowest BCUT2D eigenvalue weighted by Gasteiger charge is -2.48. The lowest BCUT2D eigenvalue weighted by atomic mass is 9.70. The minimum absolute atomic E-state index is 0.0735. The van der Waals surface area contributed by atoms with Gasteiger partial charge in [0.05, 0.1) is 5.60 Å². The van der Waals surface area contributed by atoms with Gasteiger partial charge in [0.15, 0.2) is 0 Å². The molecular formula is C19H28BrNO3. The fourth-order valence-corrected chi connectivity index (χ4v) is 4.18. The van der Waals surface area contributed by atoms with Crippen LogP contribution in [0.15, 0.2) is 28.7 Å². The van der Waals surface area contributed by atoms with Crippen LogP contribution < -0.4 is 0 Å². The molecule has 1 fully saturated rings. The molecule has 3 atom stereocenters. The maximum absolute atomic E-state index is 11.6. The number of likely N-dealkylation sites (tertiary alicyclic amines) is 1. The number of piperidine rings is 1. The fraction of sp³-hybridized carbons (Fsp3) is 0.632. The molecule has 24 heavy (non-hydrogen) atoms. The van der Waals surface area contributed by atoms with Crippen molar-refractivity contribution < 1.29 is 15.0 Å². The van der Waals surface area contributed by atoms with E-state index in [0.29, 0.717) is 25.8 Å². The van der Waals surface area contributed by atoms with E-state index >= 15 is 0 Å². The van der Waals surface area contributed by atoms with Gasteiger partial charge in [-0.2, -0.15) is 0 Å². The van der Waals surface area contributed by atoms with E-state index in [9.17, 15) is 15.0 Å². The summed E-state index contributed by atoms with van der Waals surface area (Å²) in [6.07, 6.45) is 1.07. The number of hydrogen-bond donors (Lipinski definition) is 2. The summed E-state index contributed by atoms with van der Waals surface area (Å²) < 4.78 is 1.00. The Bertz CT molecular complexity index is 595. The Morgan fingerprint density at radius 1 is 1.29 bits per heavy atom. The molecule has 4 nitrogen and oxygen atoms in total. The molecule has 1 aromatic carbocycles. The second-order valence-corrected chi connectivity index (χ2v) is 9.06. The Hall–Kier alpha value is -1.07. The molecule has 0 spiro atoms. The Labute approximate surface area is 153 Å². The predicted octanol–water partition coefficient (Wildman–Crippen LogP) is 4.55. The van der Waals surface area contributed by atoms with Crippen molar-refractivity contribution in [1.29, 1.82) is 0 Å². The summed E-state index contributed by atoms with van der Waals surface area (Å²) in [6, 6.07) is 7.85. The van der Waals surface area contributed by atoms with Gasteiger partial charge in [0.2, 0.25) is 0 Å². The van der Waals surface area contributed by atoms with Crippen molar-refractivity contribution in [3.05, 3.63) is 34.3 Å². The lowest BCUT2D eigenvalue weighted by Crippen LogP contribution is -2.55. The molecule has 2 rings (SSSR count). The Balaban J connectivity index is 2.19. The summed E-state index contributed by atoms with van der Waals surface area (Å²) in [6.45, 7) is 8.57. The molecule has 2 N–H and O–H groups in total. The first kappa shape index (κ1) is 19.3. The van der Waals surface area contributed by atoms with Gasteiger partial charge in [-0.25, -0.2) is 4.79 Å². The van der Waals surface area contributed by atoms with Crippen molar-refractivity contribution in [2.45, 2.75) is 58.6 Å². The van der Waals surface area contributed by atoms with Crippen molar-refractivity contribution in [2.75, 3.05) is 6.54 Å². The van der Waals surface area contributed by atoms with Crippen LogP contribution in [0.3, 0.4) is 0 Å². The highest BCUT2D eigenvalue weighted by atomic mass is 79.9. The first-order chi connectivity index (χ1) is 11.0. The maximum Gasteiger partial charge on any atom is 0.407 e. The van der Waals surface area contributed by atoms with Crippen LogP contribution in [0, 0.1) is 11.3 Å². The predicted molar refractivity (Wildman–Crippen MR) is 99.2 cm³/mol. The summed E-state index contributed by atoms with van der Waals surface area (Å²) >= 11 is 3.55. The topological polar surface area (TPSA) is 60.8 Å². The molecular weight excluding hydrogens is 370 g/mol. The van der Waals surface area contributed by atoms with E-state index < -0.39 is 11.7 Å². The summed E-state index contributed by atoms with van der Waals surface area (Å²) in [4.78, 5) is 13.1. The number of nitrogens with zero attached hydrogens (tertiary/aromatic N) is 1. The second kappa shape index (κ2) is 7.04. The zero-order valence-corrected chi connectivity index (χ0v) is 16.5. The third-order valence-electron chi connectivity index (χ3n) is 5.23. The summed E-state index contributed by atoms with van der Waals surface area (Å²) in [5.74, 6) is 0.0735. The van der Waals surface area contributed by atoms with Crippen LogP contribution in [-0.2, 0) is 6.42 Å². The normalized spacial score (nSPS) is 24.5. The Kier molecular flexibility index (Phi) is 5.65. The number of hydrogen-bond acceptors (Lipinski definition) is 2. The van der Waals surface area contributed by atoms with E-state index in [1.165, 1.54) is 0 Å². The molecule has 1 amide bonds. The molecule has 134 valence electrons. The number of halogens is 1. The van der Waals surface area contributed by atoms with Gasteiger partial charge in [-0.15, -0.1) is 0 Å². The largest absolute Gasteiger partial charge is 0.465 e. The second-order valence-electron chi connectivity index (χ2n) is 8.20. The zero-order valence-electron chi connectivity index (χ0n) is 14.9. The summed E-state index contributed by atoms with van der Waals surface area (Å²) in [7, 11) is 0. The first-order valence-corrected chi connectivity index (χ1v) is 9.27. The van der Waals surface area contributed by atoms with Gasteiger partial charge >= 0.3 is 6.09 Å². The van der Waals surface area contributed by atoms with Crippen LogP contribution in [0.25, 0.3) is 0 Å². The lowest BCUT2D eigenvalue weighted by molar-refractivity contribution is -0.0542. The van der Waals surface area contributed by atoms with Crippen molar-refractivity contribution in [1.82, 2.24) is 4.90 Å². The monoisotopic (exact) mass is 397 g/mol. The molecule has 0 aromatic heterocycles. The van der Waals surface area contributed by atoms with Gasteiger partial charge in [0.25, 0.3) is 0 Å². The SMILES string of the molecule is CC(C)(C)C1CC(C(C)(O)Cc2ccccc2Br)CCN1C(=O)O. The molecule has 1 heterocycles. The minimum Gasteiger partial charge on any atom is -0.465 e. The average molecular weight is 398 g/mol. The van der Waals surface area contributed by atoms with Crippen molar-refractivity contribution in [2.24, 2.45) is 11.3 Å². The van der Waals surface area contributed by atoms with Gasteiger partial charge in [-0.1, -0.05) is 54.9 Å². The van der Waals surface area contributed by atoms with E-state index in [1.807, 2.05) is 31.2 Å². The van der Waals surface area contributed by atoms with E-state index in [4.69, 9.17) is 0 Å². The Morgan fingerprint density at radius 3 is 2.46 bits per heavy atom. The molecule has 1 saturated heterocycles. The van der Waals surface area contributed by atoms with E-state index in [2.05, 4.69) is 36.7 Å². The van der Waals surface area contributed by atoms with Gasteiger partial charge in [-0.05, 0) is 42.7 Å². The van der Waals surface area contributed by atoms with Crippen molar-refractivity contribution in [3.8, 4) is 0 Å². The van der Waals surface area contributed by atoms with Crippen LogP contribution >= 0.6 is 15.9 Å². The zero-order chi connectivity index (χ0) is 18.1. The van der Waals surface area contributed by atoms with Crippen LogP contribution in [0.1, 0.15) is 46.1 Å². The van der Waals surface area contributed by atoms with Crippen molar-refractivity contribution in [3.63, 3.8) is 0 Å². The smallest absolute Gasteiger partial charge is 0.407 e. The third kappa shape index (κ3) is 4.31. The molecule has 1 aliphatic heterocycles. The maximum atomic E-state index is 11.6. The third-order valence-corrected chi connectivity index (χ3v) is 6.01. The van der Waals surface area contributed by atoms with Crippen LogP contribution in [0.4, 0.5) is 4.79 Å².